The summed E-state index contributed by atoms with van der Waals surface area (Å²) >= 11 is 6.69. The summed E-state index contributed by atoms with van der Waals surface area (Å²) in [6, 6.07) is 7.87. The largest absolute Gasteiger partial charge is 0.424 e. The van der Waals surface area contributed by atoms with Gasteiger partial charge in [-0.05, 0) is 29.8 Å². The maximum absolute atomic E-state index is 5.47. The van der Waals surface area contributed by atoms with Gasteiger partial charge in [0.05, 0.1) is 0 Å². The van der Waals surface area contributed by atoms with Crippen LogP contribution >= 0.6 is 31.9 Å². The van der Waals surface area contributed by atoms with Gasteiger partial charge < -0.3 is 4.74 Å². The van der Waals surface area contributed by atoms with Crippen LogP contribution in [0.5, 0.6) is 11.8 Å². The topological polar surface area (TPSA) is 35.0 Å². The van der Waals surface area contributed by atoms with Crippen LogP contribution in [0, 0.1) is 0 Å². The minimum absolute atomic E-state index is 0.354. The molecule has 0 aliphatic carbocycles. The van der Waals surface area contributed by atoms with Gasteiger partial charge in [0.1, 0.15) is 5.75 Å². The summed E-state index contributed by atoms with van der Waals surface area (Å²) in [5.74, 6) is 0.717. The van der Waals surface area contributed by atoms with Gasteiger partial charge in [0, 0.05) is 22.2 Å². The van der Waals surface area contributed by atoms with Gasteiger partial charge in [-0.3, -0.25) is 0 Å². The van der Waals surface area contributed by atoms with Gasteiger partial charge in [-0.15, -0.1) is 0 Å². The Morgan fingerprint density at radius 3 is 2.25 bits per heavy atom. The van der Waals surface area contributed by atoms with E-state index < -0.39 is 0 Å². The molecular weight excluding hydrogens is 336 g/mol. The zero-order valence-corrected chi connectivity index (χ0v) is 11.4. The van der Waals surface area contributed by atoms with E-state index in [0.717, 1.165) is 21.1 Å². The third-order valence-corrected chi connectivity index (χ3v) is 3.03. The van der Waals surface area contributed by atoms with Crippen LogP contribution in [0.1, 0.15) is 5.56 Å². The second-order valence-corrected chi connectivity index (χ2v) is 4.54. The van der Waals surface area contributed by atoms with Crippen molar-refractivity contribution in [2.45, 2.75) is 5.33 Å². The van der Waals surface area contributed by atoms with Crippen LogP contribution in [-0.2, 0) is 5.33 Å². The molecule has 82 valence electrons. The highest BCUT2D eigenvalue weighted by atomic mass is 79.9. The first-order valence-corrected chi connectivity index (χ1v) is 6.49. The Morgan fingerprint density at radius 2 is 1.69 bits per heavy atom. The number of halogens is 2. The normalized spacial score (nSPS) is 10.1. The number of rotatable bonds is 3. The molecular formula is C11H8Br2N2O. The van der Waals surface area contributed by atoms with Gasteiger partial charge in [0.2, 0.25) is 0 Å². The lowest BCUT2D eigenvalue weighted by Gasteiger charge is -2.03. The third-order valence-electron chi connectivity index (χ3n) is 1.86. The molecule has 16 heavy (non-hydrogen) atoms. The molecule has 0 bridgehead atoms. The van der Waals surface area contributed by atoms with E-state index in [1.807, 2.05) is 24.3 Å². The predicted molar refractivity (Wildman–Crippen MR) is 68.9 cm³/mol. The first-order valence-electron chi connectivity index (χ1n) is 4.58. The summed E-state index contributed by atoms with van der Waals surface area (Å²) in [7, 11) is 0. The molecule has 1 heterocycles. The Balaban J connectivity index is 2.11. The van der Waals surface area contributed by atoms with Gasteiger partial charge in [0.25, 0.3) is 0 Å². The van der Waals surface area contributed by atoms with Crippen molar-refractivity contribution in [3.05, 3.63) is 46.7 Å². The lowest BCUT2D eigenvalue weighted by Crippen LogP contribution is -1.92. The molecule has 0 amide bonds. The maximum Gasteiger partial charge on any atom is 0.321 e. The second-order valence-electron chi connectivity index (χ2n) is 3.06. The zero-order valence-electron chi connectivity index (χ0n) is 8.23. The molecule has 2 aromatic rings. The Morgan fingerprint density at radius 1 is 1.06 bits per heavy atom. The highest BCUT2D eigenvalue weighted by Crippen LogP contribution is 2.20. The van der Waals surface area contributed by atoms with E-state index in [4.69, 9.17) is 4.74 Å². The summed E-state index contributed by atoms with van der Waals surface area (Å²) < 4.78 is 6.48. The van der Waals surface area contributed by atoms with Gasteiger partial charge in [-0.2, -0.15) is 0 Å². The molecule has 0 aliphatic heterocycles. The molecule has 3 nitrogen and oxygen atoms in total. The summed E-state index contributed by atoms with van der Waals surface area (Å²) in [6.07, 6.45) is 3.46. The fourth-order valence-electron chi connectivity index (χ4n) is 1.07. The Hall–Kier alpha value is -0.940. The molecule has 1 aromatic heterocycles. The van der Waals surface area contributed by atoms with Crippen molar-refractivity contribution in [1.29, 1.82) is 0 Å². The van der Waals surface area contributed by atoms with E-state index in [-0.39, 0.29) is 0 Å². The molecule has 0 aliphatic rings. The molecule has 0 unspecified atom stereocenters. The Labute approximate surface area is 110 Å². The minimum atomic E-state index is 0.354. The lowest BCUT2D eigenvalue weighted by atomic mass is 10.3. The molecule has 0 radical (unpaired) electrons. The van der Waals surface area contributed by atoms with E-state index in [1.165, 1.54) is 0 Å². The molecule has 5 heteroatoms. The molecule has 0 atom stereocenters. The smallest absolute Gasteiger partial charge is 0.321 e. The summed E-state index contributed by atoms with van der Waals surface area (Å²) in [4.78, 5) is 8.18. The van der Waals surface area contributed by atoms with Crippen molar-refractivity contribution in [2.75, 3.05) is 0 Å². The van der Waals surface area contributed by atoms with Gasteiger partial charge in [0.15, 0.2) is 0 Å². The number of hydrogen-bond donors (Lipinski definition) is 0. The quantitative estimate of drug-likeness (QED) is 0.792. The number of nitrogens with zero attached hydrogens (tertiary/aromatic N) is 2. The zero-order chi connectivity index (χ0) is 11.4. The fraction of sp³-hybridized carbons (Fsp3) is 0.0909. The highest BCUT2D eigenvalue weighted by molar-refractivity contribution is 9.10. The summed E-state index contributed by atoms with van der Waals surface area (Å²) in [5.41, 5.74) is 1.02. The monoisotopic (exact) mass is 342 g/mol. The van der Waals surface area contributed by atoms with E-state index in [9.17, 15) is 0 Å². The standard InChI is InChI=1S/C11H8Br2N2O/c12-5-8-6-14-11(15-7-8)16-10-3-1-9(13)2-4-10/h1-4,6-7H,5H2. The molecule has 1 aromatic carbocycles. The number of aromatic nitrogens is 2. The van der Waals surface area contributed by atoms with Crippen LogP contribution in [0.4, 0.5) is 0 Å². The maximum atomic E-state index is 5.47. The van der Waals surface area contributed by atoms with Crippen LogP contribution in [-0.4, -0.2) is 9.97 Å². The van der Waals surface area contributed by atoms with E-state index >= 15 is 0 Å². The van der Waals surface area contributed by atoms with E-state index in [0.29, 0.717) is 6.01 Å². The first-order chi connectivity index (χ1) is 7.78. The molecule has 2 rings (SSSR count). The van der Waals surface area contributed by atoms with Crippen LogP contribution in [0.15, 0.2) is 41.1 Å². The van der Waals surface area contributed by atoms with Gasteiger partial charge in [-0.1, -0.05) is 31.9 Å². The van der Waals surface area contributed by atoms with Crippen LogP contribution in [0.25, 0.3) is 0 Å². The Kier molecular flexibility index (Phi) is 3.90. The number of hydrogen-bond acceptors (Lipinski definition) is 3. The number of benzene rings is 1. The van der Waals surface area contributed by atoms with E-state index in [2.05, 4.69) is 41.8 Å². The first kappa shape index (κ1) is 11.5. The number of ether oxygens (including phenoxy) is 1. The lowest BCUT2D eigenvalue weighted by molar-refractivity contribution is 0.441. The molecule has 0 fully saturated rings. The SMILES string of the molecule is BrCc1cnc(Oc2ccc(Br)cc2)nc1. The average molecular weight is 344 g/mol. The summed E-state index contributed by atoms with van der Waals surface area (Å²) in [6.45, 7) is 0. The van der Waals surface area contributed by atoms with Crippen LogP contribution in [0.3, 0.4) is 0 Å². The molecule has 0 saturated carbocycles. The van der Waals surface area contributed by atoms with E-state index in [1.54, 1.807) is 12.4 Å². The summed E-state index contributed by atoms with van der Waals surface area (Å²) in [5, 5.41) is 0.742. The second kappa shape index (κ2) is 5.41. The average Bonchev–Trinajstić information content (AvgIpc) is 2.33. The fourth-order valence-corrected chi connectivity index (χ4v) is 1.63. The van der Waals surface area contributed by atoms with Crippen LogP contribution < -0.4 is 4.74 Å². The van der Waals surface area contributed by atoms with Gasteiger partial charge in [-0.25, -0.2) is 9.97 Å². The van der Waals surface area contributed by atoms with Crippen molar-refractivity contribution in [3.63, 3.8) is 0 Å². The molecule has 0 saturated heterocycles. The van der Waals surface area contributed by atoms with Gasteiger partial charge >= 0.3 is 6.01 Å². The minimum Gasteiger partial charge on any atom is -0.424 e. The van der Waals surface area contributed by atoms with Crippen molar-refractivity contribution < 1.29 is 4.74 Å². The van der Waals surface area contributed by atoms with Crippen molar-refractivity contribution in [2.24, 2.45) is 0 Å². The molecule has 0 N–H and O–H groups in total. The van der Waals surface area contributed by atoms with Crippen molar-refractivity contribution in [1.82, 2.24) is 9.97 Å². The predicted octanol–water partition coefficient (Wildman–Crippen LogP) is 3.93. The highest BCUT2D eigenvalue weighted by Gasteiger charge is 2.00. The molecule has 0 spiro atoms. The van der Waals surface area contributed by atoms with Crippen molar-refractivity contribution >= 4 is 31.9 Å². The number of alkyl halides is 1. The Bertz CT molecular complexity index is 456. The third kappa shape index (κ3) is 3.02. The van der Waals surface area contributed by atoms with Crippen molar-refractivity contribution in [3.8, 4) is 11.8 Å². The van der Waals surface area contributed by atoms with Crippen LogP contribution in [0.2, 0.25) is 0 Å².